The number of benzene rings is 1. The van der Waals surface area contributed by atoms with E-state index < -0.39 is 11.5 Å². The highest BCUT2D eigenvalue weighted by molar-refractivity contribution is 6.30. The Kier molecular flexibility index (Phi) is 5.56. The molecule has 132 valence electrons. The number of likely N-dealkylation sites (tertiary alicyclic amines) is 1. The minimum Gasteiger partial charge on any atom is -0.378 e. The predicted octanol–water partition coefficient (Wildman–Crippen LogP) is 2.11. The number of β-amino-alcohol motifs (C(OH)–C–C–N with tert-alkyl or cyclic N) is 1. The van der Waals surface area contributed by atoms with E-state index in [0.29, 0.717) is 31.0 Å². The van der Waals surface area contributed by atoms with Crippen molar-refractivity contribution in [3.05, 3.63) is 34.9 Å². The zero-order chi connectivity index (χ0) is 18.0. The average molecular weight is 353 g/mol. The van der Waals surface area contributed by atoms with E-state index >= 15 is 0 Å². The number of carbonyl (C=O) groups excluding carboxylic acids is 2. The quantitative estimate of drug-likeness (QED) is 0.872. The fourth-order valence-electron chi connectivity index (χ4n) is 2.97. The molecular weight excluding hydrogens is 328 g/mol. The standard InChI is InChI=1S/C18H25ClN2O3/c1-13(22)21-9-5-8-18(24,12-21)16(23)20-11-17(2,3)14-6-4-7-15(19)10-14/h4,6-7,10,24H,5,8-9,11-12H2,1-3H3,(H,20,23). The van der Waals surface area contributed by atoms with Crippen molar-refractivity contribution in [2.24, 2.45) is 0 Å². The van der Waals surface area contributed by atoms with Crippen molar-refractivity contribution in [3.8, 4) is 0 Å². The largest absolute Gasteiger partial charge is 0.378 e. The summed E-state index contributed by atoms with van der Waals surface area (Å²) in [5.41, 5.74) is -0.837. The van der Waals surface area contributed by atoms with Gasteiger partial charge < -0.3 is 15.3 Å². The van der Waals surface area contributed by atoms with E-state index in [1.165, 1.54) is 11.8 Å². The van der Waals surface area contributed by atoms with Gasteiger partial charge in [-0.1, -0.05) is 37.6 Å². The summed E-state index contributed by atoms with van der Waals surface area (Å²) in [4.78, 5) is 25.5. The zero-order valence-corrected chi connectivity index (χ0v) is 15.2. The van der Waals surface area contributed by atoms with Gasteiger partial charge >= 0.3 is 0 Å². The second-order valence-electron chi connectivity index (χ2n) is 7.15. The van der Waals surface area contributed by atoms with Crippen molar-refractivity contribution in [3.63, 3.8) is 0 Å². The summed E-state index contributed by atoms with van der Waals surface area (Å²) in [5, 5.41) is 14.1. The van der Waals surface area contributed by atoms with Crippen LogP contribution < -0.4 is 5.32 Å². The molecule has 0 aromatic heterocycles. The third-order valence-corrected chi connectivity index (χ3v) is 4.87. The molecule has 1 atom stereocenters. The summed E-state index contributed by atoms with van der Waals surface area (Å²) in [6, 6.07) is 7.52. The van der Waals surface area contributed by atoms with Crippen molar-refractivity contribution < 1.29 is 14.7 Å². The molecule has 0 radical (unpaired) electrons. The van der Waals surface area contributed by atoms with E-state index in [1.54, 1.807) is 6.07 Å². The Bertz CT molecular complexity index is 632. The van der Waals surface area contributed by atoms with Crippen LogP contribution in [0.15, 0.2) is 24.3 Å². The van der Waals surface area contributed by atoms with Gasteiger partial charge in [0.2, 0.25) is 5.91 Å². The lowest BCUT2D eigenvalue weighted by Crippen LogP contribution is -2.59. The van der Waals surface area contributed by atoms with Gasteiger partial charge in [-0.15, -0.1) is 0 Å². The van der Waals surface area contributed by atoms with Gasteiger partial charge in [-0.3, -0.25) is 9.59 Å². The molecule has 1 fully saturated rings. The van der Waals surface area contributed by atoms with Crippen LogP contribution in [0.3, 0.4) is 0 Å². The highest BCUT2D eigenvalue weighted by Crippen LogP contribution is 2.26. The normalized spacial score (nSPS) is 21.5. The van der Waals surface area contributed by atoms with Crippen LogP contribution in [0.4, 0.5) is 0 Å². The molecule has 1 heterocycles. The minimum atomic E-state index is -1.52. The van der Waals surface area contributed by atoms with Crippen molar-refractivity contribution in [1.82, 2.24) is 10.2 Å². The van der Waals surface area contributed by atoms with Gasteiger partial charge in [0.25, 0.3) is 5.91 Å². The number of nitrogens with one attached hydrogen (secondary N) is 1. The average Bonchev–Trinajstić information content (AvgIpc) is 2.52. The lowest BCUT2D eigenvalue weighted by atomic mass is 9.84. The number of amides is 2. The summed E-state index contributed by atoms with van der Waals surface area (Å²) >= 11 is 6.04. The topological polar surface area (TPSA) is 69.6 Å². The van der Waals surface area contributed by atoms with Crippen molar-refractivity contribution in [2.75, 3.05) is 19.6 Å². The van der Waals surface area contributed by atoms with E-state index in [0.717, 1.165) is 5.56 Å². The Morgan fingerprint density at radius 2 is 2.12 bits per heavy atom. The fraction of sp³-hybridized carbons (Fsp3) is 0.556. The Hall–Kier alpha value is -1.59. The maximum atomic E-state index is 12.5. The molecule has 1 aromatic carbocycles. The molecule has 6 heteroatoms. The first-order valence-electron chi connectivity index (χ1n) is 8.16. The Morgan fingerprint density at radius 3 is 2.75 bits per heavy atom. The number of nitrogens with zero attached hydrogens (tertiary/aromatic N) is 1. The van der Waals surface area contributed by atoms with Crippen LogP contribution in [0, 0.1) is 0 Å². The number of hydrogen-bond donors (Lipinski definition) is 2. The zero-order valence-electron chi connectivity index (χ0n) is 14.4. The monoisotopic (exact) mass is 352 g/mol. The van der Waals surface area contributed by atoms with Crippen molar-refractivity contribution >= 4 is 23.4 Å². The molecule has 5 nitrogen and oxygen atoms in total. The summed E-state index contributed by atoms with van der Waals surface area (Å²) in [5.74, 6) is -0.552. The van der Waals surface area contributed by atoms with Gasteiger partial charge in [0.05, 0.1) is 6.54 Å². The lowest BCUT2D eigenvalue weighted by molar-refractivity contribution is -0.150. The molecule has 0 spiro atoms. The highest BCUT2D eigenvalue weighted by Gasteiger charge is 2.41. The Labute approximate surface area is 148 Å². The molecule has 1 aromatic rings. The smallest absolute Gasteiger partial charge is 0.253 e. The first kappa shape index (κ1) is 18.7. The molecule has 0 bridgehead atoms. The highest BCUT2D eigenvalue weighted by atomic mass is 35.5. The molecule has 1 aliphatic heterocycles. The summed E-state index contributed by atoms with van der Waals surface area (Å²) < 4.78 is 0. The van der Waals surface area contributed by atoms with Gasteiger partial charge in [-0.2, -0.15) is 0 Å². The molecule has 2 N–H and O–H groups in total. The van der Waals surface area contributed by atoms with E-state index in [2.05, 4.69) is 5.32 Å². The van der Waals surface area contributed by atoms with Crippen LogP contribution in [0.25, 0.3) is 0 Å². The first-order chi connectivity index (χ1) is 11.1. The number of rotatable bonds is 4. The second-order valence-corrected chi connectivity index (χ2v) is 7.59. The van der Waals surface area contributed by atoms with E-state index in [9.17, 15) is 14.7 Å². The van der Waals surface area contributed by atoms with Crippen LogP contribution in [0.2, 0.25) is 5.02 Å². The van der Waals surface area contributed by atoms with Gasteiger partial charge in [-0.05, 0) is 30.5 Å². The summed E-state index contributed by atoms with van der Waals surface area (Å²) in [6.45, 7) is 6.46. The maximum absolute atomic E-state index is 12.5. The third-order valence-electron chi connectivity index (χ3n) is 4.64. The fourth-order valence-corrected chi connectivity index (χ4v) is 3.16. The summed E-state index contributed by atoms with van der Waals surface area (Å²) in [6.07, 6.45) is 0.974. The second kappa shape index (κ2) is 7.11. The lowest BCUT2D eigenvalue weighted by Gasteiger charge is -2.38. The van der Waals surface area contributed by atoms with Crippen LogP contribution in [0.5, 0.6) is 0 Å². The van der Waals surface area contributed by atoms with E-state index in [4.69, 9.17) is 11.6 Å². The van der Waals surface area contributed by atoms with E-state index in [-0.39, 0.29) is 17.9 Å². The molecule has 24 heavy (non-hydrogen) atoms. The Balaban J connectivity index is 2.02. The number of carbonyl (C=O) groups is 2. The summed E-state index contributed by atoms with van der Waals surface area (Å²) in [7, 11) is 0. The maximum Gasteiger partial charge on any atom is 0.253 e. The molecule has 1 aliphatic rings. The number of piperidine rings is 1. The predicted molar refractivity (Wildman–Crippen MR) is 93.9 cm³/mol. The van der Waals surface area contributed by atoms with Crippen LogP contribution >= 0.6 is 11.6 Å². The minimum absolute atomic E-state index is 0.0474. The molecule has 2 rings (SSSR count). The van der Waals surface area contributed by atoms with Gasteiger partial charge in [-0.25, -0.2) is 0 Å². The molecule has 0 saturated carbocycles. The number of aliphatic hydroxyl groups is 1. The molecule has 1 saturated heterocycles. The number of hydrogen-bond acceptors (Lipinski definition) is 3. The van der Waals surface area contributed by atoms with Gasteiger partial charge in [0, 0.05) is 30.5 Å². The van der Waals surface area contributed by atoms with Crippen LogP contribution in [-0.4, -0.2) is 47.1 Å². The SMILES string of the molecule is CC(=O)N1CCCC(O)(C(=O)NCC(C)(C)c2cccc(Cl)c2)C1. The molecule has 0 aliphatic carbocycles. The van der Waals surface area contributed by atoms with Crippen molar-refractivity contribution in [1.29, 1.82) is 0 Å². The molecule has 2 amide bonds. The van der Waals surface area contributed by atoms with Gasteiger partial charge in [0.15, 0.2) is 5.60 Å². The van der Waals surface area contributed by atoms with Crippen LogP contribution in [-0.2, 0) is 15.0 Å². The number of halogens is 1. The van der Waals surface area contributed by atoms with Gasteiger partial charge in [0.1, 0.15) is 0 Å². The Morgan fingerprint density at radius 1 is 1.42 bits per heavy atom. The molecule has 1 unspecified atom stereocenters. The van der Waals surface area contributed by atoms with Crippen molar-refractivity contribution in [2.45, 2.75) is 44.6 Å². The van der Waals surface area contributed by atoms with E-state index in [1.807, 2.05) is 32.0 Å². The first-order valence-corrected chi connectivity index (χ1v) is 8.54. The molecular formula is C18H25ClN2O3. The van der Waals surface area contributed by atoms with Crippen LogP contribution in [0.1, 0.15) is 39.2 Å². The third kappa shape index (κ3) is 4.28.